The van der Waals surface area contributed by atoms with E-state index in [4.69, 9.17) is 4.74 Å². The first-order valence-electron chi connectivity index (χ1n) is 5.18. The number of pyridine rings is 1. The topological polar surface area (TPSA) is 39.9 Å². The van der Waals surface area contributed by atoms with E-state index in [2.05, 4.69) is 14.5 Å². The summed E-state index contributed by atoms with van der Waals surface area (Å²) in [7, 11) is 0. The van der Waals surface area contributed by atoms with Crippen molar-refractivity contribution in [3.05, 3.63) is 24.2 Å². The van der Waals surface area contributed by atoms with E-state index in [0.29, 0.717) is 6.61 Å². The van der Waals surface area contributed by atoms with E-state index in [1.165, 1.54) is 0 Å². The smallest absolute Gasteiger partial charge is 0.160 e. The molecule has 0 unspecified atom stereocenters. The molecule has 0 fully saturated rings. The van der Waals surface area contributed by atoms with Gasteiger partial charge < -0.3 is 9.30 Å². The van der Waals surface area contributed by atoms with Gasteiger partial charge in [-0.2, -0.15) is 0 Å². The van der Waals surface area contributed by atoms with Gasteiger partial charge in [-0.05, 0) is 26.0 Å². The SMILES string of the molecule is CCOCCn1c(C)nc2cccnc21. The Labute approximate surface area is 88.9 Å². The quantitative estimate of drug-likeness (QED) is 0.714. The molecule has 4 nitrogen and oxygen atoms in total. The molecule has 2 heterocycles. The summed E-state index contributed by atoms with van der Waals surface area (Å²) >= 11 is 0. The zero-order chi connectivity index (χ0) is 10.7. The monoisotopic (exact) mass is 205 g/mol. The number of hydrogen-bond acceptors (Lipinski definition) is 3. The van der Waals surface area contributed by atoms with Crippen LogP contribution in [0.25, 0.3) is 11.2 Å². The summed E-state index contributed by atoms with van der Waals surface area (Å²) in [4.78, 5) is 8.76. The van der Waals surface area contributed by atoms with Gasteiger partial charge in [0.2, 0.25) is 0 Å². The predicted octanol–water partition coefficient (Wildman–Crippen LogP) is 1.78. The molecule has 15 heavy (non-hydrogen) atoms. The third-order valence-corrected chi connectivity index (χ3v) is 2.36. The molecule has 2 rings (SSSR count). The van der Waals surface area contributed by atoms with Gasteiger partial charge >= 0.3 is 0 Å². The summed E-state index contributed by atoms with van der Waals surface area (Å²) in [6.45, 7) is 6.26. The van der Waals surface area contributed by atoms with Crippen LogP contribution in [-0.2, 0) is 11.3 Å². The van der Waals surface area contributed by atoms with Crippen LogP contribution in [0, 0.1) is 6.92 Å². The maximum Gasteiger partial charge on any atom is 0.160 e. The first-order chi connectivity index (χ1) is 7.33. The Balaban J connectivity index is 2.28. The molecule has 0 bridgehead atoms. The van der Waals surface area contributed by atoms with E-state index in [9.17, 15) is 0 Å². The van der Waals surface area contributed by atoms with Gasteiger partial charge in [0.15, 0.2) is 5.65 Å². The summed E-state index contributed by atoms with van der Waals surface area (Å²) in [5.74, 6) is 0.989. The second-order valence-corrected chi connectivity index (χ2v) is 3.35. The van der Waals surface area contributed by atoms with E-state index in [-0.39, 0.29) is 0 Å². The molecule has 0 atom stereocenters. The van der Waals surface area contributed by atoms with Crippen LogP contribution in [0.2, 0.25) is 0 Å². The highest BCUT2D eigenvalue weighted by Gasteiger charge is 2.06. The van der Waals surface area contributed by atoms with Crippen LogP contribution < -0.4 is 0 Å². The molecular formula is C11H15N3O. The van der Waals surface area contributed by atoms with Crippen molar-refractivity contribution < 1.29 is 4.74 Å². The number of imidazole rings is 1. The molecule has 0 saturated heterocycles. The molecule has 0 radical (unpaired) electrons. The highest BCUT2D eigenvalue weighted by atomic mass is 16.5. The Morgan fingerprint density at radius 2 is 2.33 bits per heavy atom. The van der Waals surface area contributed by atoms with Crippen LogP contribution in [-0.4, -0.2) is 27.7 Å². The molecule has 2 aromatic heterocycles. The summed E-state index contributed by atoms with van der Waals surface area (Å²) < 4.78 is 7.42. The average Bonchev–Trinajstić information content (AvgIpc) is 2.56. The fourth-order valence-electron chi connectivity index (χ4n) is 1.64. The third-order valence-electron chi connectivity index (χ3n) is 2.36. The Bertz CT molecular complexity index is 450. The Morgan fingerprint density at radius 3 is 3.13 bits per heavy atom. The lowest BCUT2D eigenvalue weighted by molar-refractivity contribution is 0.139. The normalized spacial score (nSPS) is 11.1. The maximum atomic E-state index is 5.33. The van der Waals surface area contributed by atoms with Crippen molar-refractivity contribution in [3.63, 3.8) is 0 Å². The molecule has 0 aliphatic heterocycles. The second-order valence-electron chi connectivity index (χ2n) is 3.35. The van der Waals surface area contributed by atoms with Crippen molar-refractivity contribution >= 4 is 11.2 Å². The number of fused-ring (bicyclic) bond motifs is 1. The van der Waals surface area contributed by atoms with Crippen LogP contribution in [0.15, 0.2) is 18.3 Å². The van der Waals surface area contributed by atoms with Gasteiger partial charge in [-0.1, -0.05) is 0 Å². The zero-order valence-corrected chi connectivity index (χ0v) is 9.10. The van der Waals surface area contributed by atoms with Crippen molar-refractivity contribution in [1.29, 1.82) is 0 Å². The maximum absolute atomic E-state index is 5.33. The predicted molar refractivity (Wildman–Crippen MR) is 58.8 cm³/mol. The van der Waals surface area contributed by atoms with Crippen LogP contribution in [0.5, 0.6) is 0 Å². The molecule has 0 aliphatic rings. The largest absolute Gasteiger partial charge is 0.380 e. The lowest BCUT2D eigenvalue weighted by atomic mass is 10.4. The van der Waals surface area contributed by atoms with E-state index < -0.39 is 0 Å². The molecule has 0 saturated carbocycles. The van der Waals surface area contributed by atoms with Crippen molar-refractivity contribution in [3.8, 4) is 0 Å². The molecule has 0 spiro atoms. The summed E-state index contributed by atoms with van der Waals surface area (Å²) in [5.41, 5.74) is 1.89. The van der Waals surface area contributed by atoms with Gasteiger partial charge in [-0.15, -0.1) is 0 Å². The van der Waals surface area contributed by atoms with Crippen molar-refractivity contribution in [2.75, 3.05) is 13.2 Å². The van der Waals surface area contributed by atoms with Gasteiger partial charge in [-0.25, -0.2) is 9.97 Å². The minimum atomic E-state index is 0.708. The van der Waals surface area contributed by atoms with Gasteiger partial charge in [0.25, 0.3) is 0 Å². The number of nitrogens with zero attached hydrogens (tertiary/aromatic N) is 3. The van der Waals surface area contributed by atoms with E-state index in [1.807, 2.05) is 26.0 Å². The number of ether oxygens (including phenoxy) is 1. The molecule has 0 aromatic carbocycles. The van der Waals surface area contributed by atoms with Gasteiger partial charge in [0.1, 0.15) is 11.3 Å². The van der Waals surface area contributed by atoms with Crippen molar-refractivity contribution in [2.24, 2.45) is 0 Å². The summed E-state index contributed by atoms with van der Waals surface area (Å²) in [6, 6.07) is 3.88. The highest BCUT2D eigenvalue weighted by Crippen LogP contribution is 2.12. The lowest BCUT2D eigenvalue weighted by Crippen LogP contribution is -2.07. The van der Waals surface area contributed by atoms with Crippen LogP contribution in [0.1, 0.15) is 12.7 Å². The molecule has 0 amide bonds. The first-order valence-corrected chi connectivity index (χ1v) is 5.18. The minimum absolute atomic E-state index is 0.708. The molecular weight excluding hydrogens is 190 g/mol. The fourth-order valence-corrected chi connectivity index (χ4v) is 1.64. The van der Waals surface area contributed by atoms with Gasteiger partial charge in [0, 0.05) is 19.3 Å². The first kappa shape index (κ1) is 10.1. The molecule has 4 heteroatoms. The van der Waals surface area contributed by atoms with Crippen LogP contribution in [0.4, 0.5) is 0 Å². The highest BCUT2D eigenvalue weighted by molar-refractivity contribution is 5.70. The molecule has 0 N–H and O–H groups in total. The Kier molecular flexibility index (Phi) is 2.97. The van der Waals surface area contributed by atoms with Crippen molar-refractivity contribution in [1.82, 2.24) is 14.5 Å². The molecule has 2 aromatic rings. The average molecular weight is 205 g/mol. The summed E-state index contributed by atoms with van der Waals surface area (Å²) in [5, 5.41) is 0. The van der Waals surface area contributed by atoms with Crippen LogP contribution in [0.3, 0.4) is 0 Å². The Morgan fingerprint density at radius 1 is 1.47 bits per heavy atom. The second kappa shape index (κ2) is 4.40. The molecule has 0 aliphatic carbocycles. The number of hydrogen-bond donors (Lipinski definition) is 0. The zero-order valence-electron chi connectivity index (χ0n) is 9.10. The van der Waals surface area contributed by atoms with Crippen molar-refractivity contribution in [2.45, 2.75) is 20.4 Å². The number of rotatable bonds is 4. The van der Waals surface area contributed by atoms with E-state index in [0.717, 1.165) is 30.1 Å². The fraction of sp³-hybridized carbons (Fsp3) is 0.455. The number of aromatic nitrogens is 3. The van der Waals surface area contributed by atoms with E-state index in [1.54, 1.807) is 6.20 Å². The molecule has 80 valence electrons. The minimum Gasteiger partial charge on any atom is -0.380 e. The van der Waals surface area contributed by atoms with Gasteiger partial charge in [-0.3, -0.25) is 0 Å². The number of aryl methyl sites for hydroxylation is 1. The Hall–Kier alpha value is -1.42. The van der Waals surface area contributed by atoms with Crippen LogP contribution >= 0.6 is 0 Å². The third kappa shape index (κ3) is 1.99. The summed E-state index contributed by atoms with van der Waals surface area (Å²) in [6.07, 6.45) is 1.79. The lowest BCUT2D eigenvalue weighted by Gasteiger charge is -2.05. The standard InChI is InChI=1S/C11H15N3O/c1-3-15-8-7-14-9(2)13-10-5-4-6-12-11(10)14/h4-6H,3,7-8H2,1-2H3. The van der Waals surface area contributed by atoms with Gasteiger partial charge in [0.05, 0.1) is 6.61 Å². The van der Waals surface area contributed by atoms with E-state index >= 15 is 0 Å².